The Hall–Kier alpha value is -1.89. The first-order chi connectivity index (χ1) is 10.6. The van der Waals surface area contributed by atoms with Gasteiger partial charge in [-0.1, -0.05) is 13.8 Å². The summed E-state index contributed by atoms with van der Waals surface area (Å²) in [6.07, 6.45) is 1.80. The molecule has 6 nitrogen and oxygen atoms in total. The van der Waals surface area contributed by atoms with Crippen molar-refractivity contribution in [2.24, 2.45) is 12.0 Å². The lowest BCUT2D eigenvalue weighted by atomic mass is 10.2. The largest absolute Gasteiger partial charge is 0.357 e. The highest BCUT2D eigenvalue weighted by Gasteiger charge is 2.06. The molecule has 0 bridgehead atoms. The van der Waals surface area contributed by atoms with Crippen LogP contribution in [0.5, 0.6) is 0 Å². The van der Waals surface area contributed by atoms with Gasteiger partial charge >= 0.3 is 0 Å². The average molecular weight is 320 g/mol. The molecule has 0 atom stereocenters. The highest BCUT2D eigenvalue weighted by Crippen LogP contribution is 2.19. The van der Waals surface area contributed by atoms with E-state index in [0.717, 1.165) is 28.9 Å². The fourth-order valence-electron chi connectivity index (χ4n) is 1.91. The minimum Gasteiger partial charge on any atom is -0.357 e. The van der Waals surface area contributed by atoms with Gasteiger partial charge in [-0.25, -0.2) is 9.98 Å². The van der Waals surface area contributed by atoms with Crippen LogP contribution in [0.25, 0.3) is 0 Å². The van der Waals surface area contributed by atoms with E-state index in [4.69, 9.17) is 0 Å². The molecule has 2 aromatic rings. The summed E-state index contributed by atoms with van der Waals surface area (Å²) < 4.78 is 1.85. The molecule has 0 radical (unpaired) electrons. The maximum atomic E-state index is 4.61. The molecule has 0 aliphatic rings. The molecule has 0 spiro atoms. The summed E-state index contributed by atoms with van der Waals surface area (Å²) in [4.78, 5) is 9.20. The average Bonchev–Trinajstić information content (AvgIpc) is 3.11. The van der Waals surface area contributed by atoms with Gasteiger partial charge in [0.2, 0.25) is 0 Å². The van der Waals surface area contributed by atoms with E-state index < -0.39 is 0 Å². The van der Waals surface area contributed by atoms with Crippen LogP contribution in [0.4, 0.5) is 0 Å². The van der Waals surface area contributed by atoms with E-state index in [0.29, 0.717) is 19.0 Å². The van der Waals surface area contributed by atoms with Crippen LogP contribution in [0.15, 0.2) is 22.6 Å². The Morgan fingerprint density at radius 1 is 1.41 bits per heavy atom. The van der Waals surface area contributed by atoms with Crippen LogP contribution < -0.4 is 10.6 Å². The molecule has 0 amide bonds. The predicted octanol–water partition coefficient (Wildman–Crippen LogP) is 2.26. The van der Waals surface area contributed by atoms with Gasteiger partial charge in [0.1, 0.15) is 0 Å². The standard InChI is InChI=1S/C15H24N6S/c1-5-16-15(18-9-13-6-7-19-21(13)4)17-8-12-10-22-14(20-12)11(2)3/h6-7,10-11H,5,8-9H2,1-4H3,(H2,16,17,18). The number of aromatic nitrogens is 3. The molecule has 0 aliphatic carbocycles. The van der Waals surface area contributed by atoms with Gasteiger partial charge in [-0.15, -0.1) is 11.3 Å². The molecule has 0 aromatic carbocycles. The second-order valence-corrected chi connectivity index (χ2v) is 6.22. The smallest absolute Gasteiger partial charge is 0.191 e. The van der Waals surface area contributed by atoms with Crippen LogP contribution in [-0.2, 0) is 20.1 Å². The number of guanidine groups is 1. The van der Waals surface area contributed by atoms with Crippen LogP contribution in [0, 0.1) is 0 Å². The highest BCUT2D eigenvalue weighted by molar-refractivity contribution is 7.09. The number of nitrogens with zero attached hydrogens (tertiary/aromatic N) is 4. The molecule has 0 saturated carbocycles. The molecule has 0 fully saturated rings. The van der Waals surface area contributed by atoms with E-state index >= 15 is 0 Å². The fraction of sp³-hybridized carbons (Fsp3) is 0.533. The number of hydrogen-bond donors (Lipinski definition) is 2. The number of thiazole rings is 1. The third kappa shape index (κ3) is 4.56. The summed E-state index contributed by atoms with van der Waals surface area (Å²) in [5.41, 5.74) is 2.13. The monoisotopic (exact) mass is 320 g/mol. The molecule has 120 valence electrons. The van der Waals surface area contributed by atoms with Crippen molar-refractivity contribution in [2.45, 2.75) is 39.8 Å². The molecular formula is C15H24N6S. The summed E-state index contributed by atoms with van der Waals surface area (Å²) in [7, 11) is 1.93. The van der Waals surface area contributed by atoms with E-state index in [1.165, 1.54) is 0 Å². The minimum absolute atomic E-state index is 0.471. The SMILES string of the molecule is CCNC(=NCc1csc(C(C)C)n1)NCc1ccnn1C. The van der Waals surface area contributed by atoms with Crippen LogP contribution in [-0.4, -0.2) is 27.3 Å². The summed E-state index contributed by atoms with van der Waals surface area (Å²) >= 11 is 1.70. The van der Waals surface area contributed by atoms with Gasteiger partial charge < -0.3 is 10.6 Å². The predicted molar refractivity (Wildman–Crippen MR) is 91.1 cm³/mol. The molecular weight excluding hydrogens is 296 g/mol. The maximum Gasteiger partial charge on any atom is 0.191 e. The van der Waals surface area contributed by atoms with Crippen LogP contribution >= 0.6 is 11.3 Å². The molecule has 2 rings (SSSR count). The first-order valence-electron chi connectivity index (χ1n) is 7.53. The molecule has 7 heteroatoms. The molecule has 2 aromatic heterocycles. The Bertz CT molecular complexity index is 613. The molecule has 2 N–H and O–H groups in total. The lowest BCUT2D eigenvalue weighted by molar-refractivity contribution is 0.684. The quantitative estimate of drug-likeness (QED) is 0.633. The Kier molecular flexibility index (Phi) is 5.94. The number of aryl methyl sites for hydroxylation is 1. The van der Waals surface area contributed by atoms with Gasteiger partial charge in [0, 0.05) is 31.1 Å². The van der Waals surface area contributed by atoms with Crippen molar-refractivity contribution in [1.29, 1.82) is 0 Å². The van der Waals surface area contributed by atoms with Crippen molar-refractivity contribution in [3.05, 3.63) is 34.0 Å². The number of nitrogens with one attached hydrogen (secondary N) is 2. The van der Waals surface area contributed by atoms with Gasteiger partial charge in [-0.05, 0) is 13.0 Å². The third-order valence-corrected chi connectivity index (χ3v) is 4.36. The summed E-state index contributed by atoms with van der Waals surface area (Å²) in [6.45, 7) is 8.48. The lowest BCUT2D eigenvalue weighted by Crippen LogP contribution is -2.37. The zero-order valence-corrected chi connectivity index (χ0v) is 14.4. The van der Waals surface area contributed by atoms with Gasteiger partial charge in [0.05, 0.1) is 29.5 Å². The molecule has 0 saturated heterocycles. The number of rotatable bonds is 6. The van der Waals surface area contributed by atoms with Crippen molar-refractivity contribution in [1.82, 2.24) is 25.4 Å². The van der Waals surface area contributed by atoms with Crippen molar-refractivity contribution >= 4 is 17.3 Å². The second-order valence-electron chi connectivity index (χ2n) is 5.33. The van der Waals surface area contributed by atoms with Gasteiger partial charge in [-0.3, -0.25) is 4.68 Å². The normalized spacial score (nSPS) is 12.0. The molecule has 0 unspecified atom stereocenters. The van der Waals surface area contributed by atoms with E-state index in [1.54, 1.807) is 17.5 Å². The molecule has 0 aliphatic heterocycles. The molecule has 2 heterocycles. The van der Waals surface area contributed by atoms with Gasteiger partial charge in [0.15, 0.2) is 5.96 Å². The highest BCUT2D eigenvalue weighted by atomic mass is 32.1. The van der Waals surface area contributed by atoms with Gasteiger partial charge in [-0.2, -0.15) is 5.10 Å². The summed E-state index contributed by atoms with van der Waals surface area (Å²) in [6, 6.07) is 1.99. The maximum absolute atomic E-state index is 4.61. The van der Waals surface area contributed by atoms with Crippen molar-refractivity contribution < 1.29 is 0 Å². The summed E-state index contributed by atoms with van der Waals surface area (Å²) in [5.74, 6) is 1.27. The zero-order valence-electron chi connectivity index (χ0n) is 13.6. The van der Waals surface area contributed by atoms with E-state index in [9.17, 15) is 0 Å². The fourth-order valence-corrected chi connectivity index (χ4v) is 2.74. The van der Waals surface area contributed by atoms with E-state index in [1.807, 2.05) is 17.8 Å². The Labute approximate surface area is 135 Å². The second kappa shape index (κ2) is 7.93. The van der Waals surface area contributed by atoms with Crippen molar-refractivity contribution in [3.8, 4) is 0 Å². The van der Waals surface area contributed by atoms with Crippen molar-refractivity contribution in [2.75, 3.05) is 6.54 Å². The van der Waals surface area contributed by atoms with Crippen LogP contribution in [0.2, 0.25) is 0 Å². The third-order valence-electron chi connectivity index (χ3n) is 3.17. The first kappa shape index (κ1) is 16.5. The van der Waals surface area contributed by atoms with Crippen LogP contribution in [0.1, 0.15) is 43.1 Å². The van der Waals surface area contributed by atoms with E-state index in [2.05, 4.69) is 51.9 Å². The van der Waals surface area contributed by atoms with E-state index in [-0.39, 0.29) is 0 Å². The molecule has 22 heavy (non-hydrogen) atoms. The number of aliphatic imine (C=N–C) groups is 1. The zero-order chi connectivity index (χ0) is 15.9. The topological polar surface area (TPSA) is 67.1 Å². The number of hydrogen-bond acceptors (Lipinski definition) is 4. The van der Waals surface area contributed by atoms with Gasteiger partial charge in [0.25, 0.3) is 0 Å². The van der Waals surface area contributed by atoms with Crippen molar-refractivity contribution in [3.63, 3.8) is 0 Å². The Morgan fingerprint density at radius 3 is 2.82 bits per heavy atom. The first-order valence-corrected chi connectivity index (χ1v) is 8.41. The Balaban J connectivity index is 1.95. The minimum atomic E-state index is 0.471. The Morgan fingerprint density at radius 2 is 2.23 bits per heavy atom. The lowest BCUT2D eigenvalue weighted by Gasteiger charge is -2.11. The summed E-state index contributed by atoms with van der Waals surface area (Å²) in [5, 5.41) is 14.0. The van der Waals surface area contributed by atoms with Crippen LogP contribution in [0.3, 0.4) is 0 Å².